The second-order valence-electron chi connectivity index (χ2n) is 7.71. The van der Waals surface area contributed by atoms with Gasteiger partial charge in [0.05, 0.1) is 27.2 Å². The van der Waals surface area contributed by atoms with E-state index in [1.165, 1.54) is 0 Å². The number of methoxy groups -OCH3 is 3. The van der Waals surface area contributed by atoms with Gasteiger partial charge in [0.25, 0.3) is 0 Å². The van der Waals surface area contributed by atoms with E-state index in [1.54, 1.807) is 21.3 Å². The molecule has 34 heavy (non-hydrogen) atoms. The van der Waals surface area contributed by atoms with Gasteiger partial charge in [-0.1, -0.05) is 84.9 Å². The third kappa shape index (κ3) is 4.53. The summed E-state index contributed by atoms with van der Waals surface area (Å²) >= 11 is 0. The molecule has 0 N–H and O–H groups in total. The van der Waals surface area contributed by atoms with Crippen LogP contribution in [0.25, 0.3) is 5.57 Å². The van der Waals surface area contributed by atoms with E-state index in [-0.39, 0.29) is 5.83 Å². The number of halogens is 1. The lowest BCUT2D eigenvalue weighted by atomic mass is 9.84. The molecule has 0 bridgehead atoms. The van der Waals surface area contributed by atoms with Crippen molar-refractivity contribution < 1.29 is 18.6 Å². The number of ether oxygens (including phenoxy) is 3. The molecule has 0 aliphatic rings. The van der Waals surface area contributed by atoms with Crippen LogP contribution in [-0.4, -0.2) is 21.3 Å². The summed E-state index contributed by atoms with van der Waals surface area (Å²) in [6, 6.07) is 32.0. The zero-order valence-electron chi connectivity index (χ0n) is 19.5. The van der Waals surface area contributed by atoms with Crippen LogP contribution in [0.2, 0.25) is 0 Å². The number of allylic oxidation sites excluding steroid dienone is 1. The second kappa shape index (κ2) is 10.7. The van der Waals surface area contributed by atoms with E-state index in [4.69, 9.17) is 14.2 Å². The van der Waals surface area contributed by atoms with Gasteiger partial charge in [-0.25, -0.2) is 4.39 Å². The van der Waals surface area contributed by atoms with Crippen LogP contribution in [0.1, 0.15) is 28.2 Å². The van der Waals surface area contributed by atoms with Crippen LogP contribution in [0.15, 0.2) is 109 Å². The van der Waals surface area contributed by atoms with E-state index in [2.05, 4.69) is 0 Å². The Morgan fingerprint density at radius 1 is 0.559 bits per heavy atom. The van der Waals surface area contributed by atoms with Crippen molar-refractivity contribution in [3.05, 3.63) is 131 Å². The maximum atomic E-state index is 17.1. The molecule has 0 amide bonds. The van der Waals surface area contributed by atoms with Crippen molar-refractivity contribution in [2.45, 2.75) is 5.92 Å². The maximum absolute atomic E-state index is 17.1. The van der Waals surface area contributed by atoms with Crippen molar-refractivity contribution in [1.82, 2.24) is 0 Å². The summed E-state index contributed by atoms with van der Waals surface area (Å²) in [4.78, 5) is 0. The molecule has 0 radical (unpaired) electrons. The fourth-order valence-electron chi connectivity index (χ4n) is 4.26. The average Bonchev–Trinajstić information content (AvgIpc) is 2.90. The molecule has 0 saturated carbocycles. The van der Waals surface area contributed by atoms with E-state index in [9.17, 15) is 0 Å². The molecule has 0 spiro atoms. The van der Waals surface area contributed by atoms with Crippen molar-refractivity contribution >= 4 is 5.57 Å². The van der Waals surface area contributed by atoms with Gasteiger partial charge in [0, 0.05) is 22.3 Å². The lowest BCUT2D eigenvalue weighted by Gasteiger charge is -2.23. The van der Waals surface area contributed by atoms with E-state index in [0.717, 1.165) is 11.1 Å². The Morgan fingerprint density at radius 3 is 1.53 bits per heavy atom. The van der Waals surface area contributed by atoms with Gasteiger partial charge in [0.15, 0.2) is 0 Å². The van der Waals surface area contributed by atoms with Crippen LogP contribution in [0.5, 0.6) is 17.2 Å². The summed E-state index contributed by atoms with van der Waals surface area (Å²) in [5.74, 6) is 0.730. The van der Waals surface area contributed by atoms with Crippen molar-refractivity contribution in [2.24, 2.45) is 0 Å². The van der Waals surface area contributed by atoms with Gasteiger partial charge >= 0.3 is 0 Å². The Kier molecular flexibility index (Phi) is 7.28. The van der Waals surface area contributed by atoms with Crippen molar-refractivity contribution in [2.75, 3.05) is 21.3 Å². The van der Waals surface area contributed by atoms with Gasteiger partial charge in [-0.3, -0.25) is 0 Å². The first kappa shape index (κ1) is 23.1. The topological polar surface area (TPSA) is 27.7 Å². The van der Waals surface area contributed by atoms with Gasteiger partial charge in [-0.15, -0.1) is 0 Å². The highest BCUT2D eigenvalue weighted by Crippen LogP contribution is 2.46. The monoisotopic (exact) mass is 454 g/mol. The van der Waals surface area contributed by atoms with E-state index >= 15 is 4.39 Å². The van der Waals surface area contributed by atoms with Gasteiger partial charge < -0.3 is 14.2 Å². The van der Waals surface area contributed by atoms with E-state index in [1.807, 2.05) is 103 Å². The molecule has 0 aromatic heterocycles. The number of hydrogen-bond acceptors (Lipinski definition) is 3. The first-order valence-corrected chi connectivity index (χ1v) is 11.0. The minimum absolute atomic E-state index is 0.329. The highest BCUT2D eigenvalue weighted by molar-refractivity contribution is 5.87. The van der Waals surface area contributed by atoms with Crippen LogP contribution in [0.3, 0.4) is 0 Å². The second-order valence-corrected chi connectivity index (χ2v) is 7.71. The number of hydrogen-bond donors (Lipinski definition) is 0. The number of para-hydroxylation sites is 3. The predicted octanol–water partition coefficient (Wildman–Crippen LogP) is 7.27. The molecule has 4 rings (SSSR count). The molecule has 4 heteroatoms. The number of benzene rings is 4. The van der Waals surface area contributed by atoms with Gasteiger partial charge in [0.2, 0.25) is 0 Å². The fraction of sp³-hybridized carbons (Fsp3) is 0.133. The fourth-order valence-corrected chi connectivity index (χ4v) is 4.26. The summed E-state index contributed by atoms with van der Waals surface area (Å²) in [5.41, 5.74) is 3.24. The normalized spacial score (nSPS) is 11.4. The van der Waals surface area contributed by atoms with Crippen molar-refractivity contribution in [3.8, 4) is 17.2 Å². The van der Waals surface area contributed by atoms with Crippen LogP contribution in [-0.2, 0) is 0 Å². The van der Waals surface area contributed by atoms with Crippen molar-refractivity contribution in [3.63, 3.8) is 0 Å². The molecule has 0 fully saturated rings. The molecule has 0 aliphatic carbocycles. The maximum Gasteiger partial charge on any atom is 0.126 e. The third-order valence-electron chi connectivity index (χ3n) is 5.83. The molecule has 1 unspecified atom stereocenters. The highest BCUT2D eigenvalue weighted by atomic mass is 19.1. The summed E-state index contributed by atoms with van der Waals surface area (Å²) < 4.78 is 34.1. The largest absolute Gasteiger partial charge is 0.496 e. The molecule has 4 aromatic rings. The Hall–Kier alpha value is -4.05. The zero-order valence-corrected chi connectivity index (χ0v) is 19.5. The molecule has 172 valence electrons. The molecule has 0 saturated heterocycles. The Morgan fingerprint density at radius 2 is 1.00 bits per heavy atom. The molecular formula is C30H27FO3. The molecule has 1 atom stereocenters. The average molecular weight is 455 g/mol. The summed E-state index contributed by atoms with van der Waals surface area (Å²) in [7, 11) is 4.78. The third-order valence-corrected chi connectivity index (χ3v) is 5.83. The highest BCUT2D eigenvalue weighted by Gasteiger charge is 2.29. The van der Waals surface area contributed by atoms with E-state index in [0.29, 0.717) is 33.9 Å². The standard InChI is InChI=1S/C30H27FO3/c1-32-25-18-10-7-15-22(25)28(21-13-5-4-6-14-21)30(31)29(23-16-8-11-19-26(23)33-2)24-17-9-12-20-27(24)34-3/h4-20,28H,1-3H3. The Labute approximate surface area is 200 Å². The first-order chi connectivity index (χ1) is 16.7. The van der Waals surface area contributed by atoms with Crippen LogP contribution >= 0.6 is 0 Å². The lowest BCUT2D eigenvalue weighted by molar-refractivity contribution is 0.406. The molecule has 0 heterocycles. The van der Waals surface area contributed by atoms with Gasteiger partial charge in [-0.2, -0.15) is 0 Å². The smallest absolute Gasteiger partial charge is 0.126 e. The van der Waals surface area contributed by atoms with Crippen LogP contribution in [0, 0.1) is 0 Å². The van der Waals surface area contributed by atoms with Crippen molar-refractivity contribution in [1.29, 1.82) is 0 Å². The minimum Gasteiger partial charge on any atom is -0.496 e. The number of rotatable bonds is 8. The summed E-state index contributed by atoms with van der Waals surface area (Å²) in [6.45, 7) is 0. The van der Waals surface area contributed by atoms with Gasteiger partial charge in [0.1, 0.15) is 23.1 Å². The van der Waals surface area contributed by atoms with E-state index < -0.39 is 5.92 Å². The molecule has 3 nitrogen and oxygen atoms in total. The lowest BCUT2D eigenvalue weighted by Crippen LogP contribution is -2.08. The Bertz CT molecular complexity index is 1230. The quantitative estimate of drug-likeness (QED) is 0.280. The summed E-state index contributed by atoms with van der Waals surface area (Å²) in [5, 5.41) is 0. The SMILES string of the molecule is COc1ccccc1C(=C(F)C(c1ccccc1)c1ccccc1OC)c1ccccc1OC. The first-order valence-electron chi connectivity index (χ1n) is 11.0. The Balaban J connectivity index is 2.10. The molecular weight excluding hydrogens is 427 g/mol. The van der Waals surface area contributed by atoms with Crippen LogP contribution in [0.4, 0.5) is 4.39 Å². The van der Waals surface area contributed by atoms with Gasteiger partial charge in [-0.05, 0) is 23.8 Å². The predicted molar refractivity (Wildman–Crippen MR) is 134 cm³/mol. The molecule has 0 aliphatic heterocycles. The minimum atomic E-state index is -0.706. The molecule has 4 aromatic carbocycles. The zero-order chi connectivity index (χ0) is 23.9. The van der Waals surface area contributed by atoms with Crippen LogP contribution < -0.4 is 14.2 Å². The summed E-state index contributed by atoms with van der Waals surface area (Å²) in [6.07, 6.45) is 0.